The molecular formula is C13H17IN2O3. The number of benzene rings is 1. The van der Waals surface area contributed by atoms with Crippen molar-refractivity contribution >= 4 is 34.0 Å². The van der Waals surface area contributed by atoms with Crippen LogP contribution in [0, 0.1) is 13.7 Å². The topological polar surface area (TPSA) is 66.6 Å². The van der Waals surface area contributed by atoms with Gasteiger partial charge in [0.15, 0.2) is 0 Å². The van der Waals surface area contributed by atoms with Crippen molar-refractivity contribution in [2.24, 2.45) is 0 Å². The molecular weight excluding hydrogens is 359 g/mol. The van der Waals surface area contributed by atoms with Crippen molar-refractivity contribution in [3.63, 3.8) is 0 Å². The van der Waals surface area contributed by atoms with Crippen molar-refractivity contribution in [1.29, 1.82) is 0 Å². The van der Waals surface area contributed by atoms with Gasteiger partial charge in [0.25, 0.3) is 5.69 Å². The Morgan fingerprint density at radius 2 is 2.26 bits per heavy atom. The van der Waals surface area contributed by atoms with Gasteiger partial charge in [-0.15, -0.1) is 0 Å². The summed E-state index contributed by atoms with van der Waals surface area (Å²) in [7, 11) is 0. The molecule has 1 heterocycles. The molecule has 104 valence electrons. The normalized spacial score (nSPS) is 19.5. The number of nitro groups is 1. The minimum atomic E-state index is -0.368. The first kappa shape index (κ1) is 14.5. The van der Waals surface area contributed by atoms with Gasteiger partial charge in [-0.1, -0.05) is 0 Å². The molecule has 0 saturated carbocycles. The summed E-state index contributed by atoms with van der Waals surface area (Å²) in [6.45, 7) is 1.14. The van der Waals surface area contributed by atoms with Crippen molar-refractivity contribution in [3.8, 4) is 0 Å². The van der Waals surface area contributed by atoms with Crippen LogP contribution in [-0.4, -0.2) is 29.2 Å². The second-order valence-electron chi connectivity index (χ2n) is 4.75. The SMILES string of the molecule is O=[N+]([O-])c1ccc(N2CCCCC2CCO)c(I)c1. The van der Waals surface area contributed by atoms with Crippen LogP contribution in [0.25, 0.3) is 0 Å². The minimum Gasteiger partial charge on any atom is -0.396 e. The molecule has 0 spiro atoms. The number of nitro benzene ring substituents is 1. The Kier molecular flexibility index (Phi) is 4.98. The number of halogens is 1. The van der Waals surface area contributed by atoms with Crippen LogP contribution in [0.1, 0.15) is 25.7 Å². The summed E-state index contributed by atoms with van der Waals surface area (Å²) < 4.78 is 0.900. The highest BCUT2D eigenvalue weighted by molar-refractivity contribution is 14.1. The van der Waals surface area contributed by atoms with Gasteiger partial charge in [-0.3, -0.25) is 10.1 Å². The van der Waals surface area contributed by atoms with Gasteiger partial charge in [0, 0.05) is 34.9 Å². The number of nitrogens with zero attached hydrogens (tertiary/aromatic N) is 2. The summed E-state index contributed by atoms with van der Waals surface area (Å²) >= 11 is 2.15. The molecule has 1 saturated heterocycles. The van der Waals surface area contributed by atoms with E-state index in [0.29, 0.717) is 6.04 Å². The number of hydrogen-bond donors (Lipinski definition) is 1. The quantitative estimate of drug-likeness (QED) is 0.499. The first-order valence-electron chi connectivity index (χ1n) is 6.45. The summed E-state index contributed by atoms with van der Waals surface area (Å²) in [4.78, 5) is 12.7. The average molecular weight is 376 g/mol. The maximum atomic E-state index is 10.8. The number of aliphatic hydroxyl groups is 1. The van der Waals surface area contributed by atoms with Gasteiger partial charge < -0.3 is 10.0 Å². The van der Waals surface area contributed by atoms with E-state index in [0.717, 1.165) is 35.1 Å². The Labute approximate surface area is 125 Å². The van der Waals surface area contributed by atoms with Crippen LogP contribution in [-0.2, 0) is 0 Å². The van der Waals surface area contributed by atoms with Gasteiger partial charge in [0.2, 0.25) is 0 Å². The second kappa shape index (κ2) is 6.51. The number of piperidine rings is 1. The van der Waals surface area contributed by atoms with Gasteiger partial charge in [0.1, 0.15) is 0 Å². The molecule has 19 heavy (non-hydrogen) atoms. The standard InChI is InChI=1S/C13H17IN2O3/c14-12-9-11(16(18)19)4-5-13(12)15-7-2-1-3-10(15)6-8-17/h4-5,9-10,17H,1-3,6-8H2. The highest BCUT2D eigenvalue weighted by atomic mass is 127. The zero-order chi connectivity index (χ0) is 13.8. The highest BCUT2D eigenvalue weighted by Gasteiger charge is 2.24. The van der Waals surface area contributed by atoms with Gasteiger partial charge >= 0.3 is 0 Å². The maximum Gasteiger partial charge on any atom is 0.270 e. The minimum absolute atomic E-state index is 0.129. The highest BCUT2D eigenvalue weighted by Crippen LogP contribution is 2.32. The number of hydrogen-bond acceptors (Lipinski definition) is 4. The van der Waals surface area contributed by atoms with Crippen molar-refractivity contribution in [3.05, 3.63) is 31.9 Å². The number of rotatable bonds is 4. The van der Waals surface area contributed by atoms with E-state index in [1.807, 2.05) is 6.07 Å². The molecule has 1 atom stereocenters. The third-order valence-corrected chi connectivity index (χ3v) is 4.41. The Hall–Kier alpha value is -0.890. The van der Waals surface area contributed by atoms with Crippen LogP contribution in [0.4, 0.5) is 11.4 Å². The molecule has 6 heteroatoms. The van der Waals surface area contributed by atoms with Gasteiger partial charge in [-0.2, -0.15) is 0 Å². The summed E-state index contributed by atoms with van der Waals surface area (Å²) in [5, 5.41) is 19.9. The van der Waals surface area contributed by atoms with Crippen LogP contribution in [0.2, 0.25) is 0 Å². The summed E-state index contributed by atoms with van der Waals surface area (Å²) in [5.41, 5.74) is 1.17. The van der Waals surface area contributed by atoms with Gasteiger partial charge in [0.05, 0.1) is 10.6 Å². The number of non-ortho nitro benzene ring substituents is 1. The van der Waals surface area contributed by atoms with E-state index in [9.17, 15) is 10.1 Å². The molecule has 1 aromatic rings. The molecule has 1 N–H and O–H groups in total. The first-order valence-corrected chi connectivity index (χ1v) is 7.53. The molecule has 0 bridgehead atoms. The Morgan fingerprint density at radius 1 is 1.47 bits per heavy atom. The van der Waals surface area contributed by atoms with Crippen LogP contribution < -0.4 is 4.90 Å². The van der Waals surface area contributed by atoms with Crippen molar-refractivity contribution in [2.75, 3.05) is 18.1 Å². The van der Waals surface area contributed by atoms with E-state index >= 15 is 0 Å². The lowest BCUT2D eigenvalue weighted by atomic mass is 9.99. The first-order chi connectivity index (χ1) is 9.13. The third kappa shape index (κ3) is 3.36. The second-order valence-corrected chi connectivity index (χ2v) is 5.91. The molecule has 5 nitrogen and oxygen atoms in total. The Bertz CT molecular complexity index is 465. The van der Waals surface area contributed by atoms with Gasteiger partial charge in [-0.05, 0) is 54.3 Å². The van der Waals surface area contributed by atoms with E-state index in [2.05, 4.69) is 27.5 Å². The molecule has 0 radical (unpaired) electrons. The number of aliphatic hydroxyl groups excluding tert-OH is 1. The zero-order valence-electron chi connectivity index (χ0n) is 10.6. The molecule has 1 aliphatic heterocycles. The number of anilines is 1. The van der Waals surface area contributed by atoms with E-state index in [1.165, 1.54) is 6.42 Å². The van der Waals surface area contributed by atoms with Crippen molar-refractivity contribution < 1.29 is 10.0 Å². The third-order valence-electron chi connectivity index (χ3n) is 3.54. The average Bonchev–Trinajstić information content (AvgIpc) is 2.40. The maximum absolute atomic E-state index is 10.8. The zero-order valence-corrected chi connectivity index (χ0v) is 12.7. The molecule has 1 unspecified atom stereocenters. The van der Waals surface area contributed by atoms with Crippen molar-refractivity contribution in [1.82, 2.24) is 0 Å². The fourth-order valence-corrected chi connectivity index (χ4v) is 3.42. The monoisotopic (exact) mass is 376 g/mol. The predicted molar refractivity (Wildman–Crippen MR) is 82.5 cm³/mol. The lowest BCUT2D eigenvalue weighted by Crippen LogP contribution is -2.40. The van der Waals surface area contributed by atoms with Crippen LogP contribution in [0.3, 0.4) is 0 Å². The molecule has 1 fully saturated rings. The Balaban J connectivity index is 2.26. The molecule has 0 aromatic heterocycles. The fraction of sp³-hybridized carbons (Fsp3) is 0.538. The molecule has 0 aliphatic carbocycles. The fourth-order valence-electron chi connectivity index (χ4n) is 2.61. The summed E-state index contributed by atoms with van der Waals surface area (Å²) in [6.07, 6.45) is 4.15. The van der Waals surface area contributed by atoms with Gasteiger partial charge in [-0.25, -0.2) is 0 Å². The van der Waals surface area contributed by atoms with Crippen LogP contribution >= 0.6 is 22.6 Å². The Morgan fingerprint density at radius 3 is 2.89 bits per heavy atom. The van der Waals surface area contributed by atoms with E-state index in [-0.39, 0.29) is 17.2 Å². The van der Waals surface area contributed by atoms with Crippen LogP contribution in [0.15, 0.2) is 18.2 Å². The van der Waals surface area contributed by atoms with Crippen LogP contribution in [0.5, 0.6) is 0 Å². The predicted octanol–water partition coefficient (Wildman–Crippen LogP) is 2.94. The van der Waals surface area contributed by atoms with E-state index in [4.69, 9.17) is 5.11 Å². The molecule has 1 aromatic carbocycles. The smallest absolute Gasteiger partial charge is 0.270 e. The largest absolute Gasteiger partial charge is 0.396 e. The lowest BCUT2D eigenvalue weighted by molar-refractivity contribution is -0.384. The summed E-state index contributed by atoms with van der Waals surface area (Å²) in [6, 6.07) is 5.34. The summed E-state index contributed by atoms with van der Waals surface area (Å²) in [5.74, 6) is 0. The molecule has 0 amide bonds. The van der Waals surface area contributed by atoms with E-state index < -0.39 is 0 Å². The lowest BCUT2D eigenvalue weighted by Gasteiger charge is -2.38. The molecule has 2 rings (SSSR count). The van der Waals surface area contributed by atoms with Crippen molar-refractivity contribution in [2.45, 2.75) is 31.7 Å². The molecule has 1 aliphatic rings. The van der Waals surface area contributed by atoms with E-state index in [1.54, 1.807) is 12.1 Å².